The molecule has 0 aliphatic carbocycles. The maximum atomic E-state index is 4.83. The van der Waals surface area contributed by atoms with E-state index in [9.17, 15) is 0 Å². The van der Waals surface area contributed by atoms with Crippen molar-refractivity contribution in [3.8, 4) is 11.4 Å². The van der Waals surface area contributed by atoms with Gasteiger partial charge in [-0.2, -0.15) is 0 Å². The van der Waals surface area contributed by atoms with Gasteiger partial charge in [-0.1, -0.05) is 45.0 Å². The smallest absolute Gasteiger partial charge is 0.162 e. The van der Waals surface area contributed by atoms with Gasteiger partial charge in [0.2, 0.25) is 0 Å². The van der Waals surface area contributed by atoms with Gasteiger partial charge in [0.15, 0.2) is 5.82 Å². The maximum Gasteiger partial charge on any atom is 0.162 e. The summed E-state index contributed by atoms with van der Waals surface area (Å²) in [7, 11) is 0. The number of anilines is 1. The number of hydrogen-bond donors (Lipinski definition) is 1. The van der Waals surface area contributed by atoms with Crippen LogP contribution < -0.4 is 5.32 Å². The van der Waals surface area contributed by atoms with Crippen LogP contribution in [-0.4, -0.2) is 16.5 Å². The van der Waals surface area contributed by atoms with Gasteiger partial charge >= 0.3 is 0 Å². The summed E-state index contributed by atoms with van der Waals surface area (Å²) in [6.45, 7) is 9.47. The van der Waals surface area contributed by atoms with E-state index in [1.54, 1.807) is 0 Å². The maximum absolute atomic E-state index is 4.83. The Morgan fingerprint density at radius 3 is 2.48 bits per heavy atom. The number of nitrogens with one attached hydrogen (secondary N) is 1. The molecule has 0 aliphatic heterocycles. The highest BCUT2D eigenvalue weighted by Crippen LogP contribution is 2.29. The summed E-state index contributed by atoms with van der Waals surface area (Å²) in [5.74, 6) is 2.15. The van der Waals surface area contributed by atoms with E-state index in [0.29, 0.717) is 5.92 Å². The molecule has 0 radical (unpaired) electrons. The monoisotopic (exact) mass is 395 g/mol. The minimum absolute atomic E-state index is 0.379. The van der Waals surface area contributed by atoms with Crippen molar-refractivity contribution in [1.29, 1.82) is 0 Å². The summed E-state index contributed by atoms with van der Waals surface area (Å²) in [6.07, 6.45) is 0.985. The lowest BCUT2D eigenvalue weighted by molar-refractivity contribution is 0.808. The van der Waals surface area contributed by atoms with Gasteiger partial charge in [-0.25, -0.2) is 9.97 Å². The van der Waals surface area contributed by atoms with Crippen molar-refractivity contribution in [2.24, 2.45) is 0 Å². The van der Waals surface area contributed by atoms with Gasteiger partial charge in [-0.3, -0.25) is 0 Å². The molecular weight excluding hydrogens is 373 g/mol. The highest BCUT2D eigenvalue weighted by atomic mass is 127. The molecule has 2 rings (SSSR count). The van der Waals surface area contributed by atoms with E-state index in [4.69, 9.17) is 9.97 Å². The van der Waals surface area contributed by atoms with Crippen molar-refractivity contribution in [2.45, 2.75) is 40.0 Å². The molecule has 0 amide bonds. The average Bonchev–Trinajstić information content (AvgIpc) is 2.49. The summed E-state index contributed by atoms with van der Waals surface area (Å²) in [4.78, 5) is 9.59. The molecule has 4 heteroatoms. The molecule has 0 unspecified atom stereocenters. The minimum Gasteiger partial charge on any atom is -0.369 e. The first-order valence-corrected chi connectivity index (χ1v) is 8.55. The number of rotatable bonds is 5. The standard InChI is InChI=1S/C17H22IN3/c1-5-12-9-7-8-10-13(12)16-20-15(11(3)4)14(18)17(21-16)19-6-2/h7-11H,5-6H2,1-4H3,(H,19,20,21). The summed E-state index contributed by atoms with van der Waals surface area (Å²) < 4.78 is 1.13. The second-order valence-corrected chi connectivity index (χ2v) is 6.37. The van der Waals surface area contributed by atoms with E-state index in [-0.39, 0.29) is 0 Å². The summed E-state index contributed by atoms with van der Waals surface area (Å²) >= 11 is 2.35. The topological polar surface area (TPSA) is 37.8 Å². The van der Waals surface area contributed by atoms with Crippen LogP contribution in [-0.2, 0) is 6.42 Å². The minimum atomic E-state index is 0.379. The molecule has 0 saturated carbocycles. The van der Waals surface area contributed by atoms with Crippen LogP contribution in [0, 0.1) is 3.57 Å². The van der Waals surface area contributed by atoms with Gasteiger partial charge in [0.05, 0.1) is 9.26 Å². The van der Waals surface area contributed by atoms with Crippen molar-refractivity contribution in [3.63, 3.8) is 0 Å². The molecular formula is C17H22IN3. The van der Waals surface area contributed by atoms with E-state index < -0.39 is 0 Å². The van der Waals surface area contributed by atoms with Crippen molar-refractivity contribution in [2.75, 3.05) is 11.9 Å². The lowest BCUT2D eigenvalue weighted by Crippen LogP contribution is -2.09. The molecule has 1 aromatic heterocycles. The van der Waals surface area contributed by atoms with Crippen molar-refractivity contribution in [1.82, 2.24) is 9.97 Å². The van der Waals surface area contributed by atoms with Gasteiger partial charge in [0.1, 0.15) is 5.82 Å². The second kappa shape index (κ2) is 7.20. The van der Waals surface area contributed by atoms with Crippen LogP contribution in [0.1, 0.15) is 44.9 Å². The summed E-state index contributed by atoms with van der Waals surface area (Å²) in [5, 5.41) is 3.36. The van der Waals surface area contributed by atoms with E-state index >= 15 is 0 Å². The first kappa shape index (κ1) is 16.2. The Bertz CT molecular complexity index is 623. The summed E-state index contributed by atoms with van der Waals surface area (Å²) in [5.41, 5.74) is 3.54. The van der Waals surface area contributed by atoms with Crippen LogP contribution in [0.15, 0.2) is 24.3 Å². The molecule has 0 fully saturated rings. The molecule has 1 aromatic carbocycles. The summed E-state index contributed by atoms with van der Waals surface area (Å²) in [6, 6.07) is 8.39. The van der Waals surface area contributed by atoms with E-state index in [0.717, 1.165) is 39.4 Å². The van der Waals surface area contributed by atoms with Crippen LogP contribution >= 0.6 is 22.6 Å². The molecule has 3 nitrogen and oxygen atoms in total. The molecule has 0 aliphatic rings. The third-order valence-electron chi connectivity index (χ3n) is 3.41. The van der Waals surface area contributed by atoms with E-state index in [1.807, 2.05) is 0 Å². The predicted molar refractivity (Wildman–Crippen MR) is 97.8 cm³/mol. The van der Waals surface area contributed by atoms with Crippen LogP contribution in [0.3, 0.4) is 0 Å². The van der Waals surface area contributed by atoms with Crippen LogP contribution in [0.25, 0.3) is 11.4 Å². The first-order chi connectivity index (χ1) is 10.1. The van der Waals surface area contributed by atoms with Gasteiger partial charge in [0.25, 0.3) is 0 Å². The van der Waals surface area contributed by atoms with Gasteiger partial charge in [-0.15, -0.1) is 0 Å². The number of aromatic nitrogens is 2. The third kappa shape index (κ3) is 3.54. The van der Waals surface area contributed by atoms with E-state index in [2.05, 4.69) is 79.9 Å². The van der Waals surface area contributed by atoms with Crippen LogP contribution in [0.4, 0.5) is 5.82 Å². The largest absolute Gasteiger partial charge is 0.369 e. The van der Waals surface area contributed by atoms with Gasteiger partial charge < -0.3 is 5.32 Å². The average molecular weight is 395 g/mol. The molecule has 0 saturated heterocycles. The number of hydrogen-bond acceptors (Lipinski definition) is 3. The van der Waals surface area contributed by atoms with Crippen LogP contribution in [0.5, 0.6) is 0 Å². The van der Waals surface area contributed by atoms with Crippen LogP contribution in [0.2, 0.25) is 0 Å². The Balaban J connectivity index is 2.63. The zero-order chi connectivity index (χ0) is 15.4. The quantitative estimate of drug-likeness (QED) is 0.735. The number of nitrogens with zero attached hydrogens (tertiary/aromatic N) is 2. The molecule has 1 heterocycles. The Hall–Kier alpha value is -1.17. The Kier molecular flexibility index (Phi) is 5.56. The normalized spacial score (nSPS) is 11.0. The number of halogens is 1. The number of aryl methyl sites for hydroxylation is 1. The highest BCUT2D eigenvalue weighted by molar-refractivity contribution is 14.1. The fraction of sp³-hybridized carbons (Fsp3) is 0.412. The SMILES string of the molecule is CCNc1nc(-c2ccccc2CC)nc(C(C)C)c1I. The fourth-order valence-electron chi connectivity index (χ4n) is 2.30. The molecule has 0 bridgehead atoms. The Morgan fingerprint density at radius 1 is 1.14 bits per heavy atom. The predicted octanol–water partition coefficient (Wildman–Crippen LogP) is 4.87. The van der Waals surface area contributed by atoms with Gasteiger partial charge in [0, 0.05) is 12.1 Å². The highest BCUT2D eigenvalue weighted by Gasteiger charge is 2.16. The molecule has 0 atom stereocenters. The van der Waals surface area contributed by atoms with Crippen molar-refractivity contribution >= 4 is 28.4 Å². The lowest BCUT2D eigenvalue weighted by Gasteiger charge is -2.15. The zero-order valence-corrected chi connectivity index (χ0v) is 15.2. The van der Waals surface area contributed by atoms with Crippen molar-refractivity contribution < 1.29 is 0 Å². The Morgan fingerprint density at radius 2 is 1.86 bits per heavy atom. The third-order valence-corrected chi connectivity index (χ3v) is 4.47. The molecule has 112 valence electrons. The number of benzene rings is 1. The van der Waals surface area contributed by atoms with E-state index in [1.165, 1.54) is 5.56 Å². The molecule has 21 heavy (non-hydrogen) atoms. The fourth-order valence-corrected chi connectivity index (χ4v) is 3.35. The first-order valence-electron chi connectivity index (χ1n) is 7.48. The lowest BCUT2D eigenvalue weighted by atomic mass is 10.0. The Labute approximate surface area is 140 Å². The molecule has 2 aromatic rings. The van der Waals surface area contributed by atoms with Gasteiger partial charge in [-0.05, 0) is 47.4 Å². The molecule has 0 spiro atoms. The van der Waals surface area contributed by atoms with Crippen molar-refractivity contribution in [3.05, 3.63) is 39.1 Å². The second-order valence-electron chi connectivity index (χ2n) is 5.29. The molecule has 1 N–H and O–H groups in total. The zero-order valence-electron chi connectivity index (χ0n) is 13.1.